The average Bonchev–Trinajstić information content (AvgIpc) is 3.10. The van der Waals surface area contributed by atoms with Crippen molar-refractivity contribution >= 4 is 57.1 Å². The smallest absolute Gasteiger partial charge is 0.234 e. The second-order valence-corrected chi connectivity index (χ2v) is 8.48. The van der Waals surface area contributed by atoms with E-state index in [1.54, 1.807) is 6.07 Å². The zero-order chi connectivity index (χ0) is 19.2. The predicted octanol–water partition coefficient (Wildman–Crippen LogP) is 5.54. The standard InChI is InChI=1S/C19H19ClN4OS2/c1-3-13-5-7-14(8-6-13)21-18-23-24-19(27-18)26-11-17(25)22-16-9-4-12(2)10-15(16)20/h4-10H,3,11H2,1-2H3,(H,21,23)(H,22,25). The van der Waals surface area contributed by atoms with Crippen LogP contribution in [0.5, 0.6) is 0 Å². The molecule has 0 bridgehead atoms. The Hall–Kier alpha value is -2.09. The first kappa shape index (κ1) is 19.7. The molecule has 1 heterocycles. The molecule has 0 atom stereocenters. The van der Waals surface area contributed by atoms with Gasteiger partial charge in [0, 0.05) is 5.69 Å². The van der Waals surface area contributed by atoms with E-state index >= 15 is 0 Å². The van der Waals surface area contributed by atoms with Gasteiger partial charge in [-0.15, -0.1) is 10.2 Å². The number of rotatable bonds is 7. The van der Waals surface area contributed by atoms with Gasteiger partial charge in [-0.2, -0.15) is 0 Å². The highest BCUT2D eigenvalue weighted by Crippen LogP contribution is 2.28. The van der Waals surface area contributed by atoms with E-state index in [0.29, 0.717) is 15.8 Å². The van der Waals surface area contributed by atoms with Crippen LogP contribution < -0.4 is 10.6 Å². The Morgan fingerprint density at radius 1 is 1.19 bits per heavy atom. The van der Waals surface area contributed by atoms with Gasteiger partial charge in [-0.3, -0.25) is 4.79 Å². The van der Waals surface area contributed by atoms with Gasteiger partial charge in [0.15, 0.2) is 4.34 Å². The third-order valence-electron chi connectivity index (χ3n) is 3.75. The van der Waals surface area contributed by atoms with Crippen molar-refractivity contribution in [3.8, 4) is 0 Å². The van der Waals surface area contributed by atoms with E-state index in [1.165, 1.54) is 28.7 Å². The number of thioether (sulfide) groups is 1. The highest BCUT2D eigenvalue weighted by Gasteiger charge is 2.10. The summed E-state index contributed by atoms with van der Waals surface area (Å²) in [6.07, 6.45) is 1.01. The van der Waals surface area contributed by atoms with Gasteiger partial charge in [-0.1, -0.05) is 59.8 Å². The summed E-state index contributed by atoms with van der Waals surface area (Å²) in [6.45, 7) is 4.08. The fourth-order valence-electron chi connectivity index (χ4n) is 2.30. The Bertz CT molecular complexity index is 928. The van der Waals surface area contributed by atoms with Gasteiger partial charge in [-0.05, 0) is 48.7 Å². The molecule has 0 aliphatic carbocycles. The SMILES string of the molecule is CCc1ccc(Nc2nnc(SCC(=O)Nc3ccc(C)cc3Cl)s2)cc1. The monoisotopic (exact) mass is 418 g/mol. The average molecular weight is 419 g/mol. The first-order valence-electron chi connectivity index (χ1n) is 8.41. The van der Waals surface area contributed by atoms with Crippen LogP contribution in [0.1, 0.15) is 18.1 Å². The largest absolute Gasteiger partial charge is 0.330 e. The van der Waals surface area contributed by atoms with E-state index in [2.05, 4.69) is 39.9 Å². The molecule has 3 aromatic rings. The zero-order valence-electron chi connectivity index (χ0n) is 15.0. The number of hydrogen-bond donors (Lipinski definition) is 2. The molecule has 0 radical (unpaired) electrons. The number of nitrogens with zero attached hydrogens (tertiary/aromatic N) is 2. The van der Waals surface area contributed by atoms with Crippen LogP contribution in [0.25, 0.3) is 0 Å². The second kappa shape index (κ2) is 9.21. The normalized spacial score (nSPS) is 10.6. The van der Waals surface area contributed by atoms with Crippen molar-refractivity contribution < 1.29 is 4.79 Å². The number of amides is 1. The van der Waals surface area contributed by atoms with Crippen LogP contribution in [0.3, 0.4) is 0 Å². The van der Waals surface area contributed by atoms with Crippen molar-refractivity contribution in [3.63, 3.8) is 0 Å². The first-order chi connectivity index (χ1) is 13.0. The molecule has 3 rings (SSSR count). The van der Waals surface area contributed by atoms with Crippen molar-refractivity contribution in [2.75, 3.05) is 16.4 Å². The van der Waals surface area contributed by atoms with Crippen LogP contribution in [-0.2, 0) is 11.2 Å². The number of carbonyl (C=O) groups excluding carboxylic acids is 1. The van der Waals surface area contributed by atoms with Crippen LogP contribution in [0.2, 0.25) is 5.02 Å². The number of aromatic nitrogens is 2. The van der Waals surface area contributed by atoms with Gasteiger partial charge in [-0.25, -0.2) is 0 Å². The van der Waals surface area contributed by atoms with Crippen LogP contribution >= 0.6 is 34.7 Å². The van der Waals surface area contributed by atoms with Gasteiger partial charge < -0.3 is 10.6 Å². The molecule has 0 aliphatic heterocycles. The van der Waals surface area contributed by atoms with Crippen LogP contribution in [-0.4, -0.2) is 21.9 Å². The van der Waals surface area contributed by atoms with E-state index in [1.807, 2.05) is 31.2 Å². The molecule has 0 saturated heterocycles. The molecular weight excluding hydrogens is 400 g/mol. The number of nitrogens with one attached hydrogen (secondary N) is 2. The minimum Gasteiger partial charge on any atom is -0.330 e. The fraction of sp³-hybridized carbons (Fsp3) is 0.211. The Kier molecular flexibility index (Phi) is 6.71. The van der Waals surface area contributed by atoms with Gasteiger partial charge in [0.05, 0.1) is 16.5 Å². The number of aryl methyl sites for hydroxylation is 2. The topological polar surface area (TPSA) is 66.9 Å². The van der Waals surface area contributed by atoms with Gasteiger partial charge in [0.25, 0.3) is 0 Å². The minimum atomic E-state index is -0.134. The maximum Gasteiger partial charge on any atom is 0.234 e. The van der Waals surface area contributed by atoms with Crippen molar-refractivity contribution in [2.24, 2.45) is 0 Å². The molecule has 27 heavy (non-hydrogen) atoms. The Morgan fingerprint density at radius 2 is 1.96 bits per heavy atom. The van der Waals surface area contributed by atoms with Crippen LogP contribution in [0.15, 0.2) is 46.8 Å². The summed E-state index contributed by atoms with van der Waals surface area (Å²) < 4.78 is 0.729. The van der Waals surface area contributed by atoms with Crippen molar-refractivity contribution in [1.29, 1.82) is 0 Å². The van der Waals surface area contributed by atoms with E-state index in [4.69, 9.17) is 11.6 Å². The lowest BCUT2D eigenvalue weighted by Gasteiger charge is -2.07. The highest BCUT2D eigenvalue weighted by atomic mass is 35.5. The zero-order valence-corrected chi connectivity index (χ0v) is 17.3. The summed E-state index contributed by atoms with van der Waals surface area (Å²) in [7, 11) is 0. The summed E-state index contributed by atoms with van der Waals surface area (Å²) in [4.78, 5) is 12.1. The van der Waals surface area contributed by atoms with Crippen molar-refractivity contribution in [1.82, 2.24) is 10.2 Å². The lowest BCUT2D eigenvalue weighted by molar-refractivity contribution is -0.113. The number of benzene rings is 2. The quantitative estimate of drug-likeness (QED) is 0.493. The Morgan fingerprint density at radius 3 is 2.67 bits per heavy atom. The maximum atomic E-state index is 12.1. The molecule has 1 aromatic heterocycles. The molecule has 8 heteroatoms. The molecule has 140 valence electrons. The van der Waals surface area contributed by atoms with Gasteiger partial charge in [0.1, 0.15) is 0 Å². The van der Waals surface area contributed by atoms with E-state index in [-0.39, 0.29) is 11.7 Å². The number of halogens is 1. The number of anilines is 3. The molecule has 5 nitrogen and oxygen atoms in total. The predicted molar refractivity (Wildman–Crippen MR) is 115 cm³/mol. The fourth-order valence-corrected chi connectivity index (χ4v) is 4.16. The molecule has 0 unspecified atom stereocenters. The Balaban J connectivity index is 1.52. The first-order valence-corrected chi connectivity index (χ1v) is 10.6. The summed E-state index contributed by atoms with van der Waals surface area (Å²) >= 11 is 8.90. The highest BCUT2D eigenvalue weighted by molar-refractivity contribution is 8.01. The summed E-state index contributed by atoms with van der Waals surface area (Å²) in [5.41, 5.74) is 3.91. The summed E-state index contributed by atoms with van der Waals surface area (Å²) in [5.74, 6) is 0.106. The second-order valence-electron chi connectivity index (χ2n) is 5.87. The van der Waals surface area contributed by atoms with E-state index in [0.717, 1.165) is 22.0 Å². The lowest BCUT2D eigenvalue weighted by Crippen LogP contribution is -2.14. The Labute approximate surface area is 171 Å². The van der Waals surface area contributed by atoms with Crippen molar-refractivity contribution in [2.45, 2.75) is 24.6 Å². The molecule has 2 aromatic carbocycles. The molecule has 0 aliphatic rings. The molecule has 0 fully saturated rings. The van der Waals surface area contributed by atoms with Crippen LogP contribution in [0, 0.1) is 6.92 Å². The maximum absolute atomic E-state index is 12.1. The third kappa shape index (κ3) is 5.69. The van der Waals surface area contributed by atoms with E-state index in [9.17, 15) is 4.79 Å². The lowest BCUT2D eigenvalue weighted by atomic mass is 10.1. The van der Waals surface area contributed by atoms with Crippen LogP contribution in [0.4, 0.5) is 16.5 Å². The molecule has 1 amide bonds. The molecule has 2 N–H and O–H groups in total. The van der Waals surface area contributed by atoms with Gasteiger partial charge in [0.2, 0.25) is 11.0 Å². The molecule has 0 saturated carbocycles. The number of hydrogen-bond acceptors (Lipinski definition) is 6. The summed E-state index contributed by atoms with van der Waals surface area (Å²) in [6, 6.07) is 13.7. The number of carbonyl (C=O) groups is 1. The van der Waals surface area contributed by atoms with Gasteiger partial charge >= 0.3 is 0 Å². The molecular formula is C19H19ClN4OS2. The van der Waals surface area contributed by atoms with E-state index < -0.39 is 0 Å². The third-order valence-corrected chi connectivity index (χ3v) is 6.03. The summed E-state index contributed by atoms with van der Waals surface area (Å²) in [5, 5.41) is 15.5. The minimum absolute atomic E-state index is 0.134. The van der Waals surface area contributed by atoms with Crippen molar-refractivity contribution in [3.05, 3.63) is 58.6 Å². The molecule has 0 spiro atoms.